The van der Waals surface area contributed by atoms with Crippen molar-refractivity contribution in [1.82, 2.24) is 25.5 Å². The fourth-order valence-electron chi connectivity index (χ4n) is 3.20. The molecule has 1 atom stereocenters. The first-order valence-corrected chi connectivity index (χ1v) is 12.3. The third kappa shape index (κ3) is 9.29. The molecule has 1 N–H and O–H groups in total. The van der Waals surface area contributed by atoms with E-state index in [0.717, 1.165) is 0 Å². The van der Waals surface area contributed by atoms with Crippen molar-refractivity contribution in [3.63, 3.8) is 0 Å². The monoisotopic (exact) mass is 547 g/mol. The highest BCUT2D eigenvalue weighted by Gasteiger charge is 2.25. The molecule has 0 saturated heterocycles. The lowest BCUT2D eigenvalue weighted by molar-refractivity contribution is -0.155. The summed E-state index contributed by atoms with van der Waals surface area (Å²) >= 11 is 5.80. The minimum Gasteiger partial charge on any atom is -0.460 e. The average molecular weight is 548 g/mol. The second-order valence-corrected chi connectivity index (χ2v) is 10.9. The number of ether oxygens (including phenoxy) is 3. The summed E-state index contributed by atoms with van der Waals surface area (Å²) in [6.07, 6.45) is -0.795. The predicted molar refractivity (Wildman–Crippen MR) is 138 cm³/mol. The van der Waals surface area contributed by atoms with Gasteiger partial charge in [0.2, 0.25) is 5.82 Å². The summed E-state index contributed by atoms with van der Waals surface area (Å²) in [6.45, 7) is 10.6. The molecule has 0 aliphatic heterocycles. The van der Waals surface area contributed by atoms with E-state index in [1.54, 1.807) is 65.8 Å². The molecule has 204 valence electrons. The van der Waals surface area contributed by atoms with Gasteiger partial charge in [0, 0.05) is 11.6 Å². The van der Waals surface area contributed by atoms with Crippen molar-refractivity contribution in [2.75, 3.05) is 0 Å². The topological polar surface area (TPSA) is 117 Å². The molecule has 0 unspecified atom stereocenters. The van der Waals surface area contributed by atoms with Crippen LogP contribution in [0.1, 0.15) is 48.0 Å². The number of esters is 1. The zero-order chi connectivity index (χ0) is 28.1. The Morgan fingerprint density at radius 2 is 1.63 bits per heavy atom. The number of nitrogens with one attached hydrogen (secondary N) is 1. The van der Waals surface area contributed by atoms with E-state index in [1.165, 1.54) is 23.0 Å². The molecule has 0 radical (unpaired) electrons. The molecule has 0 spiro atoms. The predicted octanol–water partition coefficient (Wildman–Crippen LogP) is 5.55. The van der Waals surface area contributed by atoms with Crippen LogP contribution < -0.4 is 10.1 Å². The van der Waals surface area contributed by atoms with Gasteiger partial charge in [-0.2, -0.15) is 4.80 Å². The number of carbonyl (C=O) groups excluding carboxylic acids is 2. The van der Waals surface area contributed by atoms with Crippen LogP contribution in [0.2, 0.25) is 5.02 Å². The lowest BCUT2D eigenvalue weighted by Gasteiger charge is -2.24. The maximum absolute atomic E-state index is 13.4. The number of alkyl carbamates (subject to hydrolysis) is 1. The van der Waals surface area contributed by atoms with Crippen LogP contribution in [0.25, 0.3) is 11.4 Å². The van der Waals surface area contributed by atoms with Crippen molar-refractivity contribution in [3.8, 4) is 22.9 Å². The van der Waals surface area contributed by atoms with Gasteiger partial charge in [-0.25, -0.2) is 9.18 Å². The molecule has 0 fully saturated rings. The summed E-state index contributed by atoms with van der Waals surface area (Å²) in [4.78, 5) is 26.1. The third-order valence-electron chi connectivity index (χ3n) is 4.63. The van der Waals surface area contributed by atoms with Crippen molar-refractivity contribution in [2.45, 2.75) is 71.8 Å². The minimum atomic E-state index is -0.710. The summed E-state index contributed by atoms with van der Waals surface area (Å²) in [5.41, 5.74) is -0.729. The van der Waals surface area contributed by atoms with Gasteiger partial charge in [-0.05, 0) is 83.2 Å². The van der Waals surface area contributed by atoms with Crippen LogP contribution in [0, 0.1) is 5.82 Å². The van der Waals surface area contributed by atoms with Crippen LogP contribution in [0.3, 0.4) is 0 Å². The summed E-state index contributed by atoms with van der Waals surface area (Å²) in [6, 6.07) is 10.2. The normalized spacial score (nSPS) is 12.5. The maximum Gasteiger partial charge on any atom is 0.407 e. The Hall–Kier alpha value is -3.73. The fourth-order valence-corrected chi connectivity index (χ4v) is 3.37. The van der Waals surface area contributed by atoms with Crippen molar-refractivity contribution in [2.24, 2.45) is 0 Å². The van der Waals surface area contributed by atoms with E-state index in [9.17, 15) is 14.0 Å². The molecule has 38 heavy (non-hydrogen) atoms. The van der Waals surface area contributed by atoms with Crippen LogP contribution >= 0.6 is 11.6 Å². The first-order valence-electron chi connectivity index (χ1n) is 11.9. The van der Waals surface area contributed by atoms with Gasteiger partial charge in [-0.1, -0.05) is 11.6 Å². The second-order valence-electron chi connectivity index (χ2n) is 10.5. The Balaban J connectivity index is 1.69. The van der Waals surface area contributed by atoms with Gasteiger partial charge in [-0.15, -0.1) is 10.2 Å². The van der Waals surface area contributed by atoms with Crippen LogP contribution in [0.15, 0.2) is 42.5 Å². The van der Waals surface area contributed by atoms with Gasteiger partial charge in [0.15, 0.2) is 0 Å². The van der Waals surface area contributed by atoms with Crippen LogP contribution in [0.5, 0.6) is 11.5 Å². The molecule has 12 heteroatoms. The Kier molecular flexibility index (Phi) is 8.93. The highest BCUT2D eigenvalue weighted by atomic mass is 35.5. The first-order chi connectivity index (χ1) is 17.7. The number of rotatable bonds is 8. The van der Waals surface area contributed by atoms with E-state index in [4.69, 9.17) is 25.8 Å². The standard InChI is InChI=1S/C26H31ClFN5O5/c1-25(2,3)37-22(34)13-17(29-24(35)38-26(4,5)6)15-33-31-23(30-32-33)16-7-9-18(10-8-16)36-19-11-12-21(28)20(27)14-19/h7-12,14,17H,13,15H2,1-6H3,(H,29,35)/t17-/m1/s1. The maximum atomic E-state index is 13.4. The Bertz CT molecular complexity index is 1240. The fraction of sp³-hybridized carbons (Fsp3) is 0.423. The van der Waals surface area contributed by atoms with Gasteiger partial charge >= 0.3 is 12.1 Å². The molecule has 1 heterocycles. The number of hydrogen-bond donors (Lipinski definition) is 1. The number of amides is 1. The Labute approximate surface area is 225 Å². The molecule has 10 nitrogen and oxygen atoms in total. The summed E-state index contributed by atoms with van der Waals surface area (Å²) in [5, 5.41) is 15.1. The zero-order valence-electron chi connectivity index (χ0n) is 22.1. The molecule has 1 amide bonds. The number of benzene rings is 2. The third-order valence-corrected chi connectivity index (χ3v) is 4.92. The molecule has 1 aromatic heterocycles. The molecule has 0 saturated carbocycles. The SMILES string of the molecule is CC(C)(C)OC(=O)C[C@H](Cn1nnc(-c2ccc(Oc3ccc(F)c(Cl)c3)cc2)n1)NC(=O)OC(C)(C)C. The van der Waals surface area contributed by atoms with Gasteiger partial charge in [0.1, 0.15) is 28.5 Å². The first kappa shape index (κ1) is 28.8. The van der Waals surface area contributed by atoms with Crippen molar-refractivity contribution in [1.29, 1.82) is 0 Å². The van der Waals surface area contributed by atoms with Gasteiger partial charge in [0.05, 0.1) is 24.0 Å². The highest BCUT2D eigenvalue weighted by Crippen LogP contribution is 2.27. The average Bonchev–Trinajstić information content (AvgIpc) is 3.22. The number of tetrazole rings is 1. The number of halogens is 2. The second kappa shape index (κ2) is 11.8. The number of aromatic nitrogens is 4. The Morgan fingerprint density at radius 3 is 2.24 bits per heavy atom. The van der Waals surface area contributed by atoms with Crippen molar-refractivity contribution >= 4 is 23.7 Å². The van der Waals surface area contributed by atoms with E-state index in [0.29, 0.717) is 22.9 Å². The van der Waals surface area contributed by atoms with E-state index in [1.807, 2.05) is 0 Å². The van der Waals surface area contributed by atoms with E-state index in [2.05, 4.69) is 20.7 Å². The van der Waals surface area contributed by atoms with Crippen LogP contribution in [-0.2, 0) is 20.8 Å². The molecule has 3 rings (SSSR count). The number of hydrogen-bond acceptors (Lipinski definition) is 8. The van der Waals surface area contributed by atoms with E-state index in [-0.39, 0.29) is 18.0 Å². The largest absolute Gasteiger partial charge is 0.460 e. The molecular formula is C26H31ClFN5O5. The van der Waals surface area contributed by atoms with Crippen molar-refractivity contribution < 1.29 is 28.2 Å². The summed E-state index contributed by atoms with van der Waals surface area (Å²) < 4.78 is 29.8. The van der Waals surface area contributed by atoms with Gasteiger partial charge in [-0.3, -0.25) is 4.79 Å². The summed E-state index contributed by atoms with van der Waals surface area (Å²) in [5.74, 6) is 0.203. The number of carbonyl (C=O) groups is 2. The molecule has 2 aromatic carbocycles. The lowest BCUT2D eigenvalue weighted by atomic mass is 10.1. The quantitative estimate of drug-likeness (QED) is 0.365. The highest BCUT2D eigenvalue weighted by molar-refractivity contribution is 6.30. The van der Waals surface area contributed by atoms with Crippen molar-refractivity contribution in [3.05, 3.63) is 53.3 Å². The summed E-state index contributed by atoms with van der Waals surface area (Å²) in [7, 11) is 0. The lowest BCUT2D eigenvalue weighted by Crippen LogP contribution is -2.43. The van der Waals surface area contributed by atoms with E-state index < -0.39 is 35.1 Å². The molecule has 0 bridgehead atoms. The minimum absolute atomic E-state index is 0.0361. The van der Waals surface area contributed by atoms with Gasteiger partial charge in [0.25, 0.3) is 0 Å². The van der Waals surface area contributed by atoms with Gasteiger partial charge < -0.3 is 19.5 Å². The molecule has 0 aliphatic carbocycles. The molecule has 0 aliphatic rings. The zero-order valence-corrected chi connectivity index (χ0v) is 22.9. The van der Waals surface area contributed by atoms with Crippen LogP contribution in [-0.4, -0.2) is 49.5 Å². The number of nitrogens with zero attached hydrogens (tertiary/aromatic N) is 4. The molecule has 3 aromatic rings. The molecular weight excluding hydrogens is 517 g/mol. The van der Waals surface area contributed by atoms with Crippen LogP contribution in [0.4, 0.5) is 9.18 Å². The van der Waals surface area contributed by atoms with E-state index >= 15 is 0 Å². The Morgan fingerprint density at radius 1 is 1.00 bits per heavy atom. The smallest absolute Gasteiger partial charge is 0.407 e.